The Labute approximate surface area is 164 Å². The van der Waals surface area contributed by atoms with Crippen LogP contribution in [0.1, 0.15) is 40.0 Å². The van der Waals surface area contributed by atoms with E-state index in [4.69, 9.17) is 11.5 Å². The number of hydrogen-bond donors (Lipinski definition) is 7. The van der Waals surface area contributed by atoms with Crippen LogP contribution in [0.4, 0.5) is 0 Å². The van der Waals surface area contributed by atoms with Gasteiger partial charge in [-0.05, 0) is 38.6 Å². The van der Waals surface area contributed by atoms with E-state index in [1.165, 1.54) is 6.92 Å². The smallest absolute Gasteiger partial charge is 0.326 e. The molecule has 0 radical (unpaired) electrons. The Morgan fingerprint density at radius 3 is 1.93 bits per heavy atom. The number of carboxylic acid groups (broad SMARTS) is 1. The molecule has 0 spiro atoms. The molecule has 28 heavy (non-hydrogen) atoms. The van der Waals surface area contributed by atoms with Gasteiger partial charge in [-0.25, -0.2) is 4.79 Å². The number of hydrogen-bond acceptors (Lipinski definition) is 7. The average Bonchev–Trinajstić information content (AvgIpc) is 2.61. The zero-order valence-corrected chi connectivity index (χ0v) is 16.6. The minimum absolute atomic E-state index is 0.219. The maximum atomic E-state index is 12.6. The fraction of sp³-hybridized carbons (Fsp3) is 0.765. The van der Waals surface area contributed by atoms with Crippen LogP contribution in [-0.2, 0) is 19.2 Å². The number of carbonyl (C=O) groups is 4. The minimum atomic E-state index is -1.30. The Bertz CT molecular complexity index is 540. The lowest BCUT2D eigenvalue weighted by atomic mass is 10.0. The third-order valence-electron chi connectivity index (χ3n) is 4.08. The highest BCUT2D eigenvalue weighted by molar-refractivity contribution is 5.93. The van der Waals surface area contributed by atoms with Gasteiger partial charge in [0.15, 0.2) is 0 Å². The number of unbranched alkanes of at least 4 members (excludes halogenated alkanes) is 1. The molecule has 11 nitrogen and oxygen atoms in total. The molecule has 4 unspecified atom stereocenters. The quantitative estimate of drug-likeness (QED) is 0.166. The minimum Gasteiger partial charge on any atom is -0.480 e. The lowest BCUT2D eigenvalue weighted by Crippen LogP contribution is -2.59. The molecule has 4 atom stereocenters. The predicted molar refractivity (Wildman–Crippen MR) is 102 cm³/mol. The van der Waals surface area contributed by atoms with Crippen LogP contribution in [-0.4, -0.2) is 71.2 Å². The van der Waals surface area contributed by atoms with Crippen LogP contribution < -0.4 is 27.4 Å². The number of carbonyl (C=O) groups excluding carboxylic acids is 3. The number of aliphatic hydroxyl groups excluding tert-OH is 1. The number of rotatable bonds is 13. The highest BCUT2D eigenvalue weighted by Gasteiger charge is 2.31. The molecule has 162 valence electrons. The van der Waals surface area contributed by atoms with Gasteiger partial charge in [-0.1, -0.05) is 13.8 Å². The first kappa shape index (κ1) is 25.8. The van der Waals surface area contributed by atoms with E-state index in [1.54, 1.807) is 13.8 Å². The zero-order valence-electron chi connectivity index (χ0n) is 16.6. The Morgan fingerprint density at radius 1 is 0.893 bits per heavy atom. The average molecular weight is 403 g/mol. The van der Waals surface area contributed by atoms with Gasteiger partial charge < -0.3 is 37.6 Å². The monoisotopic (exact) mass is 403 g/mol. The third kappa shape index (κ3) is 9.11. The fourth-order valence-corrected chi connectivity index (χ4v) is 2.43. The van der Waals surface area contributed by atoms with Crippen molar-refractivity contribution in [1.29, 1.82) is 0 Å². The molecule has 0 bridgehead atoms. The van der Waals surface area contributed by atoms with Crippen LogP contribution in [0.5, 0.6) is 0 Å². The van der Waals surface area contributed by atoms with E-state index in [0.717, 1.165) is 0 Å². The second-order valence-corrected chi connectivity index (χ2v) is 6.90. The Hall–Kier alpha value is -2.24. The number of carboxylic acids is 1. The summed E-state index contributed by atoms with van der Waals surface area (Å²) in [5, 5.41) is 26.2. The molecule has 0 fully saturated rings. The molecule has 0 saturated heterocycles. The molecule has 11 heteroatoms. The third-order valence-corrected chi connectivity index (χ3v) is 4.08. The van der Waals surface area contributed by atoms with Crippen molar-refractivity contribution in [3.63, 3.8) is 0 Å². The van der Waals surface area contributed by atoms with Crippen LogP contribution in [0.15, 0.2) is 0 Å². The summed E-state index contributed by atoms with van der Waals surface area (Å²) in [6.07, 6.45) is 0.112. The van der Waals surface area contributed by atoms with Gasteiger partial charge in [-0.3, -0.25) is 14.4 Å². The van der Waals surface area contributed by atoms with Gasteiger partial charge in [0.2, 0.25) is 17.7 Å². The Morgan fingerprint density at radius 2 is 1.50 bits per heavy atom. The number of nitrogens with one attached hydrogen (secondary N) is 3. The van der Waals surface area contributed by atoms with Crippen molar-refractivity contribution in [3.05, 3.63) is 0 Å². The van der Waals surface area contributed by atoms with Gasteiger partial charge in [0.25, 0.3) is 0 Å². The molecule has 0 aliphatic heterocycles. The first-order valence-electron chi connectivity index (χ1n) is 9.26. The van der Waals surface area contributed by atoms with E-state index in [2.05, 4.69) is 16.0 Å². The SMILES string of the molecule is CC(C)C(NC(=O)C(CCCCN)NC(=O)C(NC(=O)CN)C(C)O)C(=O)O. The topological polar surface area (TPSA) is 197 Å². The van der Waals surface area contributed by atoms with Gasteiger partial charge in [-0.2, -0.15) is 0 Å². The van der Waals surface area contributed by atoms with Crippen molar-refractivity contribution < 1.29 is 29.4 Å². The Balaban J connectivity index is 5.30. The van der Waals surface area contributed by atoms with Gasteiger partial charge in [0, 0.05) is 0 Å². The van der Waals surface area contributed by atoms with E-state index in [0.29, 0.717) is 19.4 Å². The van der Waals surface area contributed by atoms with Crippen LogP contribution in [0.25, 0.3) is 0 Å². The number of nitrogens with two attached hydrogens (primary N) is 2. The van der Waals surface area contributed by atoms with Gasteiger partial charge in [0.1, 0.15) is 18.1 Å². The molecule has 0 aliphatic carbocycles. The first-order valence-corrected chi connectivity index (χ1v) is 9.26. The maximum Gasteiger partial charge on any atom is 0.326 e. The summed E-state index contributed by atoms with van der Waals surface area (Å²) in [4.78, 5) is 47.9. The van der Waals surface area contributed by atoms with E-state index < -0.39 is 47.9 Å². The predicted octanol–water partition coefficient (Wildman–Crippen LogP) is -2.35. The molecule has 0 heterocycles. The summed E-state index contributed by atoms with van der Waals surface area (Å²) < 4.78 is 0. The molecule has 0 aromatic carbocycles. The van der Waals surface area contributed by atoms with Gasteiger partial charge in [0.05, 0.1) is 12.6 Å². The van der Waals surface area contributed by atoms with Crippen LogP contribution in [0.3, 0.4) is 0 Å². The van der Waals surface area contributed by atoms with Crippen molar-refractivity contribution in [2.24, 2.45) is 17.4 Å². The second-order valence-electron chi connectivity index (χ2n) is 6.90. The largest absolute Gasteiger partial charge is 0.480 e. The summed E-state index contributed by atoms with van der Waals surface area (Å²) in [5.74, 6) is -3.64. The van der Waals surface area contributed by atoms with Gasteiger partial charge >= 0.3 is 5.97 Å². The van der Waals surface area contributed by atoms with Crippen molar-refractivity contribution in [1.82, 2.24) is 16.0 Å². The van der Waals surface area contributed by atoms with Crippen molar-refractivity contribution in [2.45, 2.75) is 64.3 Å². The summed E-state index contributed by atoms with van der Waals surface area (Å²) in [5.41, 5.74) is 10.7. The molecular weight excluding hydrogens is 370 g/mol. The molecule has 0 rings (SSSR count). The standard InChI is InChI=1S/C17H33N5O6/c1-9(2)13(17(27)28)22-15(25)11(6-4-5-7-18)20-16(26)14(10(3)23)21-12(24)8-19/h9-11,13-14,23H,4-8,18-19H2,1-3H3,(H,20,26)(H,21,24)(H,22,25)(H,27,28). The number of amides is 3. The summed E-state index contributed by atoms with van der Waals surface area (Å²) in [6.45, 7) is 4.63. The molecule has 3 amide bonds. The highest BCUT2D eigenvalue weighted by atomic mass is 16.4. The van der Waals surface area contributed by atoms with Crippen molar-refractivity contribution in [3.8, 4) is 0 Å². The second kappa shape index (κ2) is 13.0. The highest BCUT2D eigenvalue weighted by Crippen LogP contribution is 2.07. The molecule has 0 saturated carbocycles. The lowest BCUT2D eigenvalue weighted by Gasteiger charge is -2.26. The van der Waals surface area contributed by atoms with Crippen molar-refractivity contribution >= 4 is 23.7 Å². The maximum absolute atomic E-state index is 12.6. The number of aliphatic carboxylic acids is 1. The summed E-state index contributed by atoms with van der Waals surface area (Å²) in [6, 6.07) is -3.47. The van der Waals surface area contributed by atoms with Crippen molar-refractivity contribution in [2.75, 3.05) is 13.1 Å². The molecular formula is C17H33N5O6. The van der Waals surface area contributed by atoms with Crippen LogP contribution in [0.2, 0.25) is 0 Å². The van der Waals surface area contributed by atoms with E-state index in [-0.39, 0.29) is 18.9 Å². The fourth-order valence-electron chi connectivity index (χ4n) is 2.43. The van der Waals surface area contributed by atoms with E-state index >= 15 is 0 Å². The van der Waals surface area contributed by atoms with Crippen LogP contribution >= 0.6 is 0 Å². The molecule has 9 N–H and O–H groups in total. The van der Waals surface area contributed by atoms with E-state index in [9.17, 15) is 29.4 Å². The number of aliphatic hydroxyl groups is 1. The van der Waals surface area contributed by atoms with E-state index in [1.807, 2.05) is 0 Å². The van der Waals surface area contributed by atoms with Gasteiger partial charge in [-0.15, -0.1) is 0 Å². The Kier molecular flexibility index (Phi) is 12.0. The molecule has 0 aromatic heterocycles. The summed E-state index contributed by atoms with van der Waals surface area (Å²) in [7, 11) is 0. The normalized spacial score (nSPS) is 15.2. The zero-order chi connectivity index (χ0) is 21.9. The molecule has 0 aliphatic rings. The lowest BCUT2D eigenvalue weighted by molar-refractivity contribution is -0.143. The summed E-state index contributed by atoms with van der Waals surface area (Å²) >= 11 is 0. The first-order chi connectivity index (χ1) is 13.0. The van der Waals surface area contributed by atoms with Crippen LogP contribution in [0, 0.1) is 5.92 Å². The molecule has 0 aromatic rings.